The molecule has 0 aliphatic rings. The van der Waals surface area contributed by atoms with Gasteiger partial charge in [-0.3, -0.25) is 4.68 Å². The topological polar surface area (TPSA) is 42.7 Å². The summed E-state index contributed by atoms with van der Waals surface area (Å²) in [6.07, 6.45) is 1.10. The Morgan fingerprint density at radius 1 is 1.44 bits per heavy atom. The van der Waals surface area contributed by atoms with Crippen LogP contribution in [0.4, 0.5) is 10.2 Å². The first-order chi connectivity index (χ1) is 8.49. The minimum atomic E-state index is -0.471. The van der Waals surface area contributed by atoms with Gasteiger partial charge in [0.05, 0.1) is 16.9 Å². The zero-order valence-electron chi connectivity index (χ0n) is 9.84. The minimum Gasteiger partial charge on any atom is -0.365 e. The van der Waals surface area contributed by atoms with Crippen LogP contribution in [0.5, 0.6) is 0 Å². The summed E-state index contributed by atoms with van der Waals surface area (Å²) >= 11 is 12.0. The number of anilines is 1. The Balaban J connectivity index is 2.16. The molecule has 0 bridgehead atoms. The maximum absolute atomic E-state index is 12.8. The molecule has 1 N–H and O–H groups in total. The molecular weight excluding hydrogens is 278 g/mol. The van der Waals surface area contributed by atoms with Gasteiger partial charge in [-0.05, 0) is 13.0 Å². The number of hydrogen-bond acceptors (Lipinski definition) is 3. The lowest BCUT2D eigenvalue weighted by molar-refractivity contribution is 0.622. The monoisotopic (exact) mass is 288 g/mol. The number of aryl methyl sites for hydroxylation is 2. The molecule has 0 saturated carbocycles. The van der Waals surface area contributed by atoms with Crippen LogP contribution < -0.4 is 5.32 Å². The second-order valence-corrected chi connectivity index (χ2v) is 4.58. The lowest BCUT2D eigenvalue weighted by Gasteiger charge is -2.07. The van der Waals surface area contributed by atoms with Crippen molar-refractivity contribution >= 4 is 29.0 Å². The smallest absolute Gasteiger partial charge is 0.145 e. The van der Waals surface area contributed by atoms with Gasteiger partial charge in [-0.2, -0.15) is 5.10 Å². The van der Waals surface area contributed by atoms with Crippen LogP contribution in [0.1, 0.15) is 11.3 Å². The van der Waals surface area contributed by atoms with E-state index in [2.05, 4.69) is 15.4 Å². The molecule has 2 rings (SSSR count). The number of nitrogens with zero attached hydrogens (tertiary/aromatic N) is 3. The Labute approximate surface area is 114 Å². The minimum absolute atomic E-state index is 0.229. The molecule has 0 saturated heterocycles. The van der Waals surface area contributed by atoms with Crippen molar-refractivity contribution in [3.05, 3.63) is 39.5 Å². The molecule has 0 radical (unpaired) electrons. The van der Waals surface area contributed by atoms with Crippen LogP contribution >= 0.6 is 23.2 Å². The van der Waals surface area contributed by atoms with E-state index in [4.69, 9.17) is 23.2 Å². The van der Waals surface area contributed by atoms with Crippen LogP contribution in [0.15, 0.2) is 12.3 Å². The first kappa shape index (κ1) is 13.1. The van der Waals surface area contributed by atoms with Crippen molar-refractivity contribution in [2.75, 3.05) is 5.32 Å². The fourth-order valence-electron chi connectivity index (χ4n) is 1.59. The summed E-state index contributed by atoms with van der Waals surface area (Å²) in [5.74, 6) is -0.0569. The van der Waals surface area contributed by atoms with Gasteiger partial charge in [-0.15, -0.1) is 0 Å². The lowest BCUT2D eigenvalue weighted by atomic mass is 10.2. The number of nitrogens with one attached hydrogen (secondary N) is 1. The average Bonchev–Trinajstić information content (AvgIpc) is 2.53. The number of aromatic nitrogens is 3. The maximum Gasteiger partial charge on any atom is 0.145 e. The van der Waals surface area contributed by atoms with E-state index in [0.29, 0.717) is 17.5 Å². The van der Waals surface area contributed by atoms with Crippen LogP contribution in [0.3, 0.4) is 0 Å². The zero-order chi connectivity index (χ0) is 13.3. The summed E-state index contributed by atoms with van der Waals surface area (Å²) in [5, 5.41) is 7.98. The highest BCUT2D eigenvalue weighted by Crippen LogP contribution is 2.23. The van der Waals surface area contributed by atoms with E-state index in [1.807, 2.05) is 6.92 Å². The maximum atomic E-state index is 12.8. The van der Waals surface area contributed by atoms with E-state index in [1.165, 1.54) is 6.07 Å². The largest absolute Gasteiger partial charge is 0.365 e. The SMILES string of the molecule is Cc1nn(C)c(Cl)c1CNc1ncc(F)cc1Cl. The van der Waals surface area contributed by atoms with E-state index in [-0.39, 0.29) is 5.02 Å². The van der Waals surface area contributed by atoms with Gasteiger partial charge < -0.3 is 5.32 Å². The van der Waals surface area contributed by atoms with Crippen molar-refractivity contribution in [3.8, 4) is 0 Å². The van der Waals surface area contributed by atoms with Crippen molar-refractivity contribution in [2.45, 2.75) is 13.5 Å². The summed E-state index contributed by atoms with van der Waals surface area (Å²) < 4.78 is 14.4. The van der Waals surface area contributed by atoms with Crippen molar-refractivity contribution < 1.29 is 4.39 Å². The van der Waals surface area contributed by atoms with Crippen LogP contribution in [-0.4, -0.2) is 14.8 Å². The standard InChI is InChI=1S/C11H11Cl2FN4/c1-6-8(10(13)18(2)17-6)5-16-11-9(12)3-7(14)4-15-11/h3-4H,5H2,1-2H3,(H,15,16). The Kier molecular flexibility index (Phi) is 3.73. The summed E-state index contributed by atoms with van der Waals surface area (Å²) in [7, 11) is 1.77. The second kappa shape index (κ2) is 5.12. The highest BCUT2D eigenvalue weighted by molar-refractivity contribution is 6.33. The van der Waals surface area contributed by atoms with E-state index in [9.17, 15) is 4.39 Å². The summed E-state index contributed by atoms with van der Waals surface area (Å²) in [6.45, 7) is 2.29. The van der Waals surface area contributed by atoms with Crippen LogP contribution in [0, 0.1) is 12.7 Å². The molecule has 2 aromatic rings. The molecule has 4 nitrogen and oxygen atoms in total. The highest BCUT2D eigenvalue weighted by atomic mass is 35.5. The Hall–Kier alpha value is -1.33. The van der Waals surface area contributed by atoms with Gasteiger partial charge in [0.25, 0.3) is 0 Å². The molecule has 7 heteroatoms. The van der Waals surface area contributed by atoms with Crippen molar-refractivity contribution in [1.29, 1.82) is 0 Å². The number of halogens is 3. The Bertz CT molecular complexity index is 583. The molecule has 2 heterocycles. The Morgan fingerprint density at radius 2 is 2.17 bits per heavy atom. The summed E-state index contributed by atoms with van der Waals surface area (Å²) in [6, 6.07) is 1.20. The third-order valence-corrected chi connectivity index (χ3v) is 3.27. The fraction of sp³-hybridized carbons (Fsp3) is 0.273. The van der Waals surface area contributed by atoms with Gasteiger partial charge in [-0.1, -0.05) is 23.2 Å². The lowest BCUT2D eigenvalue weighted by Crippen LogP contribution is -2.03. The van der Waals surface area contributed by atoms with E-state index >= 15 is 0 Å². The van der Waals surface area contributed by atoms with Gasteiger partial charge in [-0.25, -0.2) is 9.37 Å². The van der Waals surface area contributed by atoms with Crippen molar-refractivity contribution in [2.24, 2.45) is 7.05 Å². The van der Waals surface area contributed by atoms with Gasteiger partial charge in [0.1, 0.15) is 16.8 Å². The molecule has 0 atom stereocenters. The molecule has 96 valence electrons. The summed E-state index contributed by atoms with van der Waals surface area (Å²) in [4.78, 5) is 3.87. The van der Waals surface area contributed by atoms with Crippen LogP contribution in [0.2, 0.25) is 10.2 Å². The average molecular weight is 289 g/mol. The third-order valence-electron chi connectivity index (χ3n) is 2.51. The molecular formula is C11H11Cl2FN4. The van der Waals surface area contributed by atoms with Crippen LogP contribution in [0.25, 0.3) is 0 Å². The molecule has 0 amide bonds. The predicted octanol–water partition coefficient (Wildman–Crippen LogP) is 3.18. The highest BCUT2D eigenvalue weighted by Gasteiger charge is 2.12. The molecule has 0 spiro atoms. The Morgan fingerprint density at radius 3 is 2.72 bits per heavy atom. The second-order valence-electron chi connectivity index (χ2n) is 3.82. The molecule has 0 aromatic carbocycles. The molecule has 0 aliphatic heterocycles. The van der Waals surface area contributed by atoms with E-state index in [1.54, 1.807) is 11.7 Å². The first-order valence-electron chi connectivity index (χ1n) is 5.22. The molecule has 0 fully saturated rings. The van der Waals surface area contributed by atoms with Crippen molar-refractivity contribution in [1.82, 2.24) is 14.8 Å². The van der Waals surface area contributed by atoms with Gasteiger partial charge in [0.2, 0.25) is 0 Å². The zero-order valence-corrected chi connectivity index (χ0v) is 11.3. The van der Waals surface area contributed by atoms with Crippen molar-refractivity contribution in [3.63, 3.8) is 0 Å². The predicted molar refractivity (Wildman–Crippen MR) is 69.5 cm³/mol. The number of pyridine rings is 1. The number of hydrogen-bond donors (Lipinski definition) is 1. The third kappa shape index (κ3) is 2.57. The molecule has 0 aliphatic carbocycles. The molecule has 0 unspecified atom stereocenters. The quantitative estimate of drug-likeness (QED) is 0.943. The molecule has 18 heavy (non-hydrogen) atoms. The normalized spacial score (nSPS) is 10.7. The van der Waals surface area contributed by atoms with Gasteiger partial charge in [0.15, 0.2) is 0 Å². The first-order valence-corrected chi connectivity index (χ1v) is 5.97. The molecule has 2 aromatic heterocycles. The van der Waals surface area contributed by atoms with Crippen LogP contribution in [-0.2, 0) is 13.6 Å². The summed E-state index contributed by atoms with van der Waals surface area (Å²) in [5.41, 5.74) is 1.69. The van der Waals surface area contributed by atoms with E-state index < -0.39 is 5.82 Å². The van der Waals surface area contributed by atoms with Gasteiger partial charge in [0, 0.05) is 19.2 Å². The van der Waals surface area contributed by atoms with Gasteiger partial charge >= 0.3 is 0 Å². The fourth-order valence-corrected chi connectivity index (χ4v) is 2.05. The number of rotatable bonds is 3. The van der Waals surface area contributed by atoms with E-state index in [0.717, 1.165) is 17.5 Å².